The maximum absolute atomic E-state index is 13.4. The van der Waals surface area contributed by atoms with Crippen molar-refractivity contribution in [2.24, 2.45) is 0 Å². The highest BCUT2D eigenvalue weighted by Crippen LogP contribution is 2.41. The second-order valence-electron chi connectivity index (χ2n) is 8.13. The summed E-state index contributed by atoms with van der Waals surface area (Å²) in [5, 5.41) is 19.4. The molecule has 1 aliphatic rings. The first-order valence-electron chi connectivity index (χ1n) is 11.1. The molecule has 0 spiro atoms. The summed E-state index contributed by atoms with van der Waals surface area (Å²) in [6.07, 6.45) is 0. The van der Waals surface area contributed by atoms with Crippen LogP contribution in [0.15, 0.2) is 65.1 Å². The van der Waals surface area contributed by atoms with Crippen LogP contribution in [0.1, 0.15) is 21.5 Å². The van der Waals surface area contributed by atoms with Crippen molar-refractivity contribution in [3.63, 3.8) is 0 Å². The van der Waals surface area contributed by atoms with E-state index in [9.17, 15) is 14.3 Å². The van der Waals surface area contributed by atoms with Gasteiger partial charge in [-0.15, -0.1) is 0 Å². The van der Waals surface area contributed by atoms with Crippen LogP contribution >= 0.6 is 0 Å². The average Bonchev–Trinajstić information content (AvgIpc) is 3.27. The van der Waals surface area contributed by atoms with Crippen LogP contribution in [0, 0.1) is 17.1 Å². The number of hydrogen-bond acceptors (Lipinski definition) is 6. The second kappa shape index (κ2) is 9.49. The summed E-state index contributed by atoms with van der Waals surface area (Å²) in [6.45, 7) is 2.66. The molecular formula is C27H21FN2O5. The van der Waals surface area contributed by atoms with Gasteiger partial charge >= 0.3 is 5.97 Å². The molecule has 0 unspecified atom stereocenters. The lowest BCUT2D eigenvalue weighted by atomic mass is 10.0. The number of nitrogens with zero attached hydrogens (tertiary/aromatic N) is 2. The molecule has 0 amide bonds. The van der Waals surface area contributed by atoms with E-state index in [1.807, 2.05) is 12.1 Å². The number of furan rings is 1. The van der Waals surface area contributed by atoms with Crippen LogP contribution in [-0.2, 0) is 11.3 Å². The molecule has 3 aromatic carbocycles. The van der Waals surface area contributed by atoms with Crippen molar-refractivity contribution in [1.82, 2.24) is 0 Å². The summed E-state index contributed by atoms with van der Waals surface area (Å²) in [5.41, 5.74) is 3.05. The predicted molar refractivity (Wildman–Crippen MR) is 127 cm³/mol. The number of halogens is 1. The number of carbonyl (C=O) groups is 1. The van der Waals surface area contributed by atoms with Crippen LogP contribution < -0.4 is 9.64 Å². The van der Waals surface area contributed by atoms with E-state index in [1.54, 1.807) is 24.3 Å². The van der Waals surface area contributed by atoms with Crippen LogP contribution in [0.3, 0.4) is 0 Å². The number of fused-ring (bicyclic) bond motifs is 1. The van der Waals surface area contributed by atoms with E-state index >= 15 is 0 Å². The topological polar surface area (TPSA) is 95.9 Å². The smallest absolute Gasteiger partial charge is 0.340 e. The van der Waals surface area contributed by atoms with Gasteiger partial charge in [0.1, 0.15) is 35.1 Å². The van der Waals surface area contributed by atoms with Gasteiger partial charge in [0, 0.05) is 30.1 Å². The first-order chi connectivity index (χ1) is 17.0. The SMILES string of the molecule is N#Cc1ccc(COc2cc3c(C(=O)O)c(-c4ccc(F)cc4)oc3cc2N2CCOCC2)cc1. The summed E-state index contributed by atoms with van der Waals surface area (Å²) < 4.78 is 31.1. The minimum absolute atomic E-state index is 0.0108. The van der Waals surface area contributed by atoms with Crippen LogP contribution in [0.4, 0.5) is 10.1 Å². The van der Waals surface area contributed by atoms with E-state index in [1.165, 1.54) is 24.3 Å². The van der Waals surface area contributed by atoms with E-state index < -0.39 is 11.8 Å². The fraction of sp³-hybridized carbons (Fsp3) is 0.185. The monoisotopic (exact) mass is 472 g/mol. The van der Waals surface area contributed by atoms with Crippen LogP contribution in [0.25, 0.3) is 22.3 Å². The van der Waals surface area contributed by atoms with Crippen molar-refractivity contribution >= 4 is 22.6 Å². The Balaban J connectivity index is 1.60. The molecule has 1 fully saturated rings. The third-order valence-electron chi connectivity index (χ3n) is 5.92. The Morgan fingerprint density at radius 3 is 2.46 bits per heavy atom. The molecule has 0 radical (unpaired) electrons. The molecule has 0 aliphatic carbocycles. The molecular weight excluding hydrogens is 451 g/mol. The van der Waals surface area contributed by atoms with Gasteiger partial charge in [-0.25, -0.2) is 9.18 Å². The highest BCUT2D eigenvalue weighted by atomic mass is 19.1. The highest BCUT2D eigenvalue weighted by molar-refractivity contribution is 6.09. The van der Waals surface area contributed by atoms with Gasteiger partial charge in [0.2, 0.25) is 0 Å². The molecule has 0 saturated carbocycles. The lowest BCUT2D eigenvalue weighted by Crippen LogP contribution is -2.36. The number of aromatic carboxylic acids is 1. The molecule has 35 heavy (non-hydrogen) atoms. The summed E-state index contributed by atoms with van der Waals surface area (Å²) in [7, 11) is 0. The lowest BCUT2D eigenvalue weighted by molar-refractivity contribution is 0.0699. The average molecular weight is 472 g/mol. The summed E-state index contributed by atoms with van der Waals surface area (Å²) in [4.78, 5) is 14.4. The van der Waals surface area contributed by atoms with E-state index in [-0.39, 0.29) is 17.9 Å². The molecule has 8 heteroatoms. The number of rotatable bonds is 6. The number of anilines is 1. The van der Waals surface area contributed by atoms with Gasteiger partial charge in [-0.1, -0.05) is 12.1 Å². The number of benzene rings is 3. The minimum Gasteiger partial charge on any atom is -0.487 e. The largest absolute Gasteiger partial charge is 0.487 e. The van der Waals surface area contributed by atoms with Crippen LogP contribution in [0.2, 0.25) is 0 Å². The van der Waals surface area contributed by atoms with Gasteiger partial charge in [0.25, 0.3) is 0 Å². The van der Waals surface area contributed by atoms with E-state index in [0.29, 0.717) is 54.1 Å². The van der Waals surface area contributed by atoms with Crippen molar-refractivity contribution in [3.05, 3.63) is 83.2 Å². The van der Waals surface area contributed by atoms with E-state index in [2.05, 4.69) is 11.0 Å². The van der Waals surface area contributed by atoms with Crippen molar-refractivity contribution in [2.75, 3.05) is 31.2 Å². The number of morpholine rings is 1. The van der Waals surface area contributed by atoms with Crippen molar-refractivity contribution in [3.8, 4) is 23.1 Å². The highest BCUT2D eigenvalue weighted by Gasteiger charge is 2.25. The third kappa shape index (κ3) is 4.54. The van der Waals surface area contributed by atoms with Crippen molar-refractivity contribution in [2.45, 2.75) is 6.61 Å². The van der Waals surface area contributed by atoms with Gasteiger partial charge < -0.3 is 23.9 Å². The van der Waals surface area contributed by atoms with Crippen LogP contribution in [-0.4, -0.2) is 37.4 Å². The Morgan fingerprint density at radius 2 is 1.80 bits per heavy atom. The molecule has 0 bridgehead atoms. The molecule has 1 saturated heterocycles. The minimum atomic E-state index is -1.15. The van der Waals surface area contributed by atoms with Gasteiger partial charge in [-0.2, -0.15) is 5.26 Å². The fourth-order valence-electron chi connectivity index (χ4n) is 4.13. The molecule has 0 atom stereocenters. The second-order valence-corrected chi connectivity index (χ2v) is 8.13. The summed E-state index contributed by atoms with van der Waals surface area (Å²) >= 11 is 0. The Bertz CT molecular complexity index is 1420. The number of carboxylic acid groups (broad SMARTS) is 1. The zero-order valence-electron chi connectivity index (χ0n) is 18.7. The molecule has 1 aromatic heterocycles. The van der Waals surface area contributed by atoms with E-state index in [4.69, 9.17) is 19.2 Å². The first kappa shape index (κ1) is 22.4. The van der Waals surface area contributed by atoms with Crippen LogP contribution in [0.5, 0.6) is 5.75 Å². The van der Waals surface area contributed by atoms with Gasteiger partial charge in [-0.05, 0) is 48.0 Å². The van der Waals surface area contributed by atoms with Gasteiger partial charge in [-0.3, -0.25) is 0 Å². The Kier molecular flexibility index (Phi) is 6.08. The zero-order chi connectivity index (χ0) is 24.4. The normalized spacial score (nSPS) is 13.5. The summed E-state index contributed by atoms with van der Waals surface area (Å²) in [5.74, 6) is -0.905. The van der Waals surface area contributed by atoms with Crippen molar-refractivity contribution < 1.29 is 28.2 Å². The molecule has 7 nitrogen and oxygen atoms in total. The zero-order valence-corrected chi connectivity index (χ0v) is 18.7. The maximum Gasteiger partial charge on any atom is 0.340 e. The third-order valence-corrected chi connectivity index (χ3v) is 5.92. The Morgan fingerprint density at radius 1 is 1.09 bits per heavy atom. The number of hydrogen-bond donors (Lipinski definition) is 1. The lowest BCUT2D eigenvalue weighted by Gasteiger charge is -2.30. The predicted octanol–water partition coefficient (Wildman–Crippen LogP) is 5.22. The molecule has 1 aliphatic heterocycles. The van der Waals surface area contributed by atoms with Gasteiger partial charge in [0.05, 0.1) is 30.5 Å². The first-order valence-corrected chi connectivity index (χ1v) is 11.1. The van der Waals surface area contributed by atoms with Crippen molar-refractivity contribution in [1.29, 1.82) is 5.26 Å². The fourth-order valence-corrected chi connectivity index (χ4v) is 4.13. The number of ether oxygens (including phenoxy) is 2. The molecule has 1 N–H and O–H groups in total. The van der Waals surface area contributed by atoms with E-state index in [0.717, 1.165) is 11.3 Å². The summed E-state index contributed by atoms with van der Waals surface area (Å²) in [6, 6.07) is 18.1. The standard InChI is InChI=1S/C27H21FN2O5/c28-20-7-5-19(6-8-20)26-25(27(31)32)21-13-24(34-16-18-3-1-17(15-29)2-4-18)22(14-23(21)35-26)30-9-11-33-12-10-30/h1-8,13-14H,9-12,16H2,(H,31,32). The number of nitriles is 1. The molecule has 176 valence electrons. The quantitative estimate of drug-likeness (QED) is 0.411. The Hall–Kier alpha value is -4.35. The van der Waals surface area contributed by atoms with Gasteiger partial charge in [0.15, 0.2) is 0 Å². The number of carboxylic acids is 1. The Labute approximate surface area is 200 Å². The molecule has 5 rings (SSSR count). The molecule has 4 aromatic rings. The molecule has 2 heterocycles. The maximum atomic E-state index is 13.4.